The Morgan fingerprint density at radius 1 is 1.10 bits per heavy atom. The predicted molar refractivity (Wildman–Crippen MR) is 79.3 cm³/mol. The highest BCUT2D eigenvalue weighted by molar-refractivity contribution is 6.37. The summed E-state index contributed by atoms with van der Waals surface area (Å²) in [7, 11) is 0. The Hall–Kier alpha value is -1.91. The summed E-state index contributed by atoms with van der Waals surface area (Å²) in [6.07, 6.45) is 1.33. The normalized spacial score (nSPS) is 15.2. The number of nitrogens with one attached hydrogen (secondary N) is 1. The number of benzene rings is 2. The van der Waals surface area contributed by atoms with Crippen molar-refractivity contribution in [1.82, 2.24) is 0 Å². The Kier molecular flexibility index (Phi) is 3.43. The summed E-state index contributed by atoms with van der Waals surface area (Å²) in [5, 5.41) is 2.41. The number of hydrogen-bond donors (Lipinski definition) is 1. The van der Waals surface area contributed by atoms with Crippen LogP contribution in [0.4, 0.5) is 14.5 Å². The van der Waals surface area contributed by atoms with Crippen LogP contribution < -0.4 is 5.32 Å². The quantitative estimate of drug-likeness (QED) is 0.752. The molecule has 1 aliphatic rings. The van der Waals surface area contributed by atoms with E-state index in [9.17, 15) is 13.6 Å². The molecule has 1 aliphatic heterocycles. The Morgan fingerprint density at radius 3 is 2.62 bits per heavy atom. The molecule has 0 bridgehead atoms. The molecule has 6 heteroatoms. The minimum atomic E-state index is -0.649. The third kappa shape index (κ3) is 2.41. The Balaban J connectivity index is 2.16. The van der Waals surface area contributed by atoms with E-state index in [-0.39, 0.29) is 21.2 Å². The standard InChI is InChI=1S/C15H7Cl2F2NO/c16-10-3-1-2-7(14(10)19)4-9-8-5-12(18)11(17)6-13(8)20-15(9)21/h1-6H,(H,20,21). The lowest BCUT2D eigenvalue weighted by Crippen LogP contribution is -2.03. The average molecular weight is 326 g/mol. The van der Waals surface area contributed by atoms with Gasteiger partial charge in [0.25, 0.3) is 5.91 Å². The van der Waals surface area contributed by atoms with Gasteiger partial charge in [-0.2, -0.15) is 0 Å². The summed E-state index contributed by atoms with van der Waals surface area (Å²) in [6, 6.07) is 6.91. The van der Waals surface area contributed by atoms with Gasteiger partial charge in [-0.1, -0.05) is 35.3 Å². The van der Waals surface area contributed by atoms with Gasteiger partial charge in [-0.15, -0.1) is 0 Å². The van der Waals surface area contributed by atoms with Crippen LogP contribution in [0.15, 0.2) is 30.3 Å². The molecule has 2 aromatic carbocycles. The zero-order valence-corrected chi connectivity index (χ0v) is 11.9. The van der Waals surface area contributed by atoms with E-state index in [1.165, 1.54) is 24.3 Å². The van der Waals surface area contributed by atoms with Crippen LogP contribution in [0, 0.1) is 11.6 Å². The second-order valence-corrected chi connectivity index (χ2v) is 5.28. The summed E-state index contributed by atoms with van der Waals surface area (Å²) >= 11 is 11.4. The molecule has 1 heterocycles. The maximum Gasteiger partial charge on any atom is 0.256 e. The van der Waals surface area contributed by atoms with Gasteiger partial charge < -0.3 is 5.32 Å². The zero-order valence-electron chi connectivity index (χ0n) is 10.4. The van der Waals surface area contributed by atoms with Crippen LogP contribution in [0.1, 0.15) is 11.1 Å². The highest BCUT2D eigenvalue weighted by Gasteiger charge is 2.26. The molecule has 21 heavy (non-hydrogen) atoms. The van der Waals surface area contributed by atoms with Gasteiger partial charge in [0.05, 0.1) is 15.7 Å². The molecule has 2 aromatic rings. The highest BCUT2D eigenvalue weighted by Crippen LogP contribution is 2.36. The van der Waals surface area contributed by atoms with Crippen molar-refractivity contribution in [1.29, 1.82) is 0 Å². The van der Waals surface area contributed by atoms with Crippen molar-refractivity contribution in [3.63, 3.8) is 0 Å². The van der Waals surface area contributed by atoms with Crippen LogP contribution in [-0.2, 0) is 4.79 Å². The summed E-state index contributed by atoms with van der Waals surface area (Å²) in [5.74, 6) is -1.74. The lowest BCUT2D eigenvalue weighted by atomic mass is 10.0. The van der Waals surface area contributed by atoms with Gasteiger partial charge in [-0.3, -0.25) is 4.79 Å². The first-order valence-corrected chi connectivity index (χ1v) is 6.69. The number of hydrogen-bond acceptors (Lipinski definition) is 1. The molecular formula is C15H7Cl2F2NO. The summed E-state index contributed by atoms with van der Waals surface area (Å²) in [5.41, 5.74) is 1.03. The molecule has 0 saturated carbocycles. The number of amides is 1. The molecule has 0 unspecified atom stereocenters. The van der Waals surface area contributed by atoms with E-state index in [0.717, 1.165) is 6.07 Å². The second kappa shape index (κ2) is 5.13. The fourth-order valence-electron chi connectivity index (χ4n) is 2.12. The van der Waals surface area contributed by atoms with E-state index < -0.39 is 17.5 Å². The molecule has 1 N–H and O–H groups in total. The fraction of sp³-hybridized carbons (Fsp3) is 0. The van der Waals surface area contributed by atoms with Crippen LogP contribution in [0.5, 0.6) is 0 Å². The number of carbonyl (C=O) groups excluding carboxylic acids is 1. The second-order valence-electron chi connectivity index (χ2n) is 4.47. The first-order chi connectivity index (χ1) is 9.97. The Morgan fingerprint density at radius 2 is 1.86 bits per heavy atom. The SMILES string of the molecule is O=C1Nc2cc(Cl)c(F)cc2C1=Cc1cccc(Cl)c1F. The van der Waals surface area contributed by atoms with Crippen molar-refractivity contribution in [3.05, 3.63) is 63.1 Å². The van der Waals surface area contributed by atoms with Gasteiger partial charge in [0.1, 0.15) is 11.6 Å². The average Bonchev–Trinajstić information content (AvgIpc) is 2.72. The lowest BCUT2D eigenvalue weighted by molar-refractivity contribution is -0.110. The van der Waals surface area contributed by atoms with Gasteiger partial charge in [0.15, 0.2) is 0 Å². The minimum absolute atomic E-state index is 0.0507. The zero-order chi connectivity index (χ0) is 15.1. The van der Waals surface area contributed by atoms with E-state index >= 15 is 0 Å². The molecule has 106 valence electrons. The highest BCUT2D eigenvalue weighted by atomic mass is 35.5. The van der Waals surface area contributed by atoms with Crippen molar-refractivity contribution >= 4 is 46.4 Å². The molecule has 1 amide bonds. The molecule has 0 aliphatic carbocycles. The van der Waals surface area contributed by atoms with Crippen molar-refractivity contribution in [3.8, 4) is 0 Å². The van der Waals surface area contributed by atoms with Crippen LogP contribution in [0.25, 0.3) is 11.6 Å². The van der Waals surface area contributed by atoms with E-state index in [2.05, 4.69) is 5.32 Å². The summed E-state index contributed by atoms with van der Waals surface area (Å²) < 4.78 is 27.5. The summed E-state index contributed by atoms with van der Waals surface area (Å²) in [4.78, 5) is 12.0. The van der Waals surface area contributed by atoms with Gasteiger partial charge in [0, 0.05) is 16.7 Å². The molecule has 3 rings (SSSR count). The lowest BCUT2D eigenvalue weighted by Gasteiger charge is -2.02. The van der Waals surface area contributed by atoms with Gasteiger partial charge in [0.2, 0.25) is 0 Å². The molecule has 0 aromatic heterocycles. The van der Waals surface area contributed by atoms with Crippen molar-refractivity contribution in [2.75, 3.05) is 5.32 Å². The van der Waals surface area contributed by atoms with E-state index in [4.69, 9.17) is 23.2 Å². The van der Waals surface area contributed by atoms with E-state index in [1.807, 2.05) is 0 Å². The number of anilines is 1. The van der Waals surface area contributed by atoms with Gasteiger partial charge in [-0.25, -0.2) is 8.78 Å². The van der Waals surface area contributed by atoms with Crippen LogP contribution in [0.2, 0.25) is 10.0 Å². The topological polar surface area (TPSA) is 29.1 Å². The molecule has 0 atom stereocenters. The van der Waals surface area contributed by atoms with Crippen LogP contribution in [0.3, 0.4) is 0 Å². The van der Waals surface area contributed by atoms with Crippen molar-refractivity contribution in [2.45, 2.75) is 0 Å². The fourth-order valence-corrected chi connectivity index (χ4v) is 2.46. The number of rotatable bonds is 1. The monoisotopic (exact) mass is 325 g/mol. The Labute approximate surface area is 129 Å². The predicted octanol–water partition coefficient (Wildman–Crippen LogP) is 4.76. The molecular weight excluding hydrogens is 319 g/mol. The largest absolute Gasteiger partial charge is 0.321 e. The first-order valence-electron chi connectivity index (χ1n) is 5.94. The molecule has 0 radical (unpaired) electrons. The van der Waals surface area contributed by atoms with Crippen molar-refractivity contribution < 1.29 is 13.6 Å². The van der Waals surface area contributed by atoms with Crippen molar-refractivity contribution in [2.24, 2.45) is 0 Å². The molecule has 0 spiro atoms. The maximum atomic E-state index is 13.9. The molecule has 0 fully saturated rings. The smallest absolute Gasteiger partial charge is 0.256 e. The number of halogens is 4. The van der Waals surface area contributed by atoms with Crippen LogP contribution >= 0.6 is 23.2 Å². The number of fused-ring (bicyclic) bond motifs is 1. The van der Waals surface area contributed by atoms with Gasteiger partial charge in [-0.05, 0) is 24.3 Å². The third-order valence-corrected chi connectivity index (χ3v) is 3.71. The van der Waals surface area contributed by atoms with E-state index in [0.29, 0.717) is 11.3 Å². The number of carbonyl (C=O) groups is 1. The molecule has 0 saturated heterocycles. The van der Waals surface area contributed by atoms with Crippen LogP contribution in [-0.4, -0.2) is 5.91 Å². The maximum absolute atomic E-state index is 13.9. The summed E-state index contributed by atoms with van der Waals surface area (Å²) in [6.45, 7) is 0. The Bertz CT molecular complexity index is 803. The third-order valence-electron chi connectivity index (χ3n) is 3.12. The first kappa shape index (κ1) is 14.0. The van der Waals surface area contributed by atoms with E-state index in [1.54, 1.807) is 6.07 Å². The minimum Gasteiger partial charge on any atom is -0.321 e. The van der Waals surface area contributed by atoms with Gasteiger partial charge >= 0.3 is 0 Å². The molecule has 2 nitrogen and oxygen atoms in total.